The molecule has 0 bridgehead atoms. The molecule has 0 atom stereocenters. The van der Waals surface area contributed by atoms with Crippen LogP contribution in [0.4, 0.5) is 0 Å². The minimum absolute atomic E-state index is 0.365. The standard InChI is InChI=1S/C17H19NO2/c1-2-13-7-3-4-8-14(13)11-18-12-15-9-5-6-10-16(15)17(19)20/h3-10,18H,2,11-12H2,1H3,(H,19,20). The van der Waals surface area contributed by atoms with Crippen LogP contribution in [0.15, 0.2) is 48.5 Å². The van der Waals surface area contributed by atoms with E-state index in [0.29, 0.717) is 12.1 Å². The van der Waals surface area contributed by atoms with Gasteiger partial charge in [0.25, 0.3) is 0 Å². The molecule has 3 nitrogen and oxygen atoms in total. The fourth-order valence-electron chi connectivity index (χ4n) is 2.29. The first-order chi connectivity index (χ1) is 9.72. The first-order valence-electron chi connectivity index (χ1n) is 6.81. The van der Waals surface area contributed by atoms with E-state index in [1.807, 2.05) is 24.3 Å². The Bertz CT molecular complexity index is 593. The fourth-order valence-corrected chi connectivity index (χ4v) is 2.29. The van der Waals surface area contributed by atoms with Crippen LogP contribution in [0, 0.1) is 0 Å². The van der Waals surface area contributed by atoms with Gasteiger partial charge in [-0.3, -0.25) is 0 Å². The van der Waals surface area contributed by atoms with E-state index in [-0.39, 0.29) is 0 Å². The van der Waals surface area contributed by atoms with E-state index in [0.717, 1.165) is 18.5 Å². The van der Waals surface area contributed by atoms with E-state index >= 15 is 0 Å². The predicted octanol–water partition coefficient (Wildman–Crippen LogP) is 3.24. The predicted molar refractivity (Wildman–Crippen MR) is 79.8 cm³/mol. The molecule has 3 heteroatoms. The molecule has 2 rings (SSSR count). The number of rotatable bonds is 6. The van der Waals surface area contributed by atoms with Crippen LogP contribution in [-0.4, -0.2) is 11.1 Å². The van der Waals surface area contributed by atoms with Gasteiger partial charge in [-0.25, -0.2) is 4.79 Å². The number of hydrogen-bond acceptors (Lipinski definition) is 2. The van der Waals surface area contributed by atoms with Crippen molar-refractivity contribution in [1.82, 2.24) is 5.32 Å². The Balaban J connectivity index is 2.01. The summed E-state index contributed by atoms with van der Waals surface area (Å²) in [6.07, 6.45) is 1.00. The van der Waals surface area contributed by atoms with Gasteiger partial charge in [-0.15, -0.1) is 0 Å². The summed E-state index contributed by atoms with van der Waals surface area (Å²) < 4.78 is 0. The lowest BCUT2D eigenvalue weighted by molar-refractivity contribution is 0.0695. The maximum Gasteiger partial charge on any atom is 0.336 e. The van der Waals surface area contributed by atoms with E-state index in [1.54, 1.807) is 12.1 Å². The van der Waals surface area contributed by atoms with Gasteiger partial charge in [-0.2, -0.15) is 0 Å². The lowest BCUT2D eigenvalue weighted by atomic mass is 10.0. The smallest absolute Gasteiger partial charge is 0.336 e. The van der Waals surface area contributed by atoms with E-state index in [9.17, 15) is 4.79 Å². The molecule has 2 aromatic carbocycles. The Kier molecular flexibility index (Phi) is 4.91. The number of hydrogen-bond donors (Lipinski definition) is 2. The minimum Gasteiger partial charge on any atom is -0.478 e. The number of aromatic carboxylic acids is 1. The van der Waals surface area contributed by atoms with Gasteiger partial charge in [0, 0.05) is 13.1 Å². The van der Waals surface area contributed by atoms with Crippen LogP contribution < -0.4 is 5.32 Å². The molecule has 0 fully saturated rings. The van der Waals surface area contributed by atoms with Gasteiger partial charge in [0.1, 0.15) is 0 Å². The summed E-state index contributed by atoms with van der Waals surface area (Å²) in [6.45, 7) is 3.44. The van der Waals surface area contributed by atoms with Crippen LogP contribution in [0.25, 0.3) is 0 Å². The average Bonchev–Trinajstić information content (AvgIpc) is 2.48. The minimum atomic E-state index is -0.878. The Hall–Kier alpha value is -2.13. The number of benzene rings is 2. The normalized spacial score (nSPS) is 10.4. The Morgan fingerprint density at radius 3 is 2.15 bits per heavy atom. The zero-order valence-electron chi connectivity index (χ0n) is 11.6. The third kappa shape index (κ3) is 3.45. The largest absolute Gasteiger partial charge is 0.478 e. The van der Waals surface area contributed by atoms with Crippen LogP contribution in [0.2, 0.25) is 0 Å². The third-order valence-electron chi connectivity index (χ3n) is 3.38. The highest BCUT2D eigenvalue weighted by atomic mass is 16.4. The van der Waals surface area contributed by atoms with Crippen LogP contribution >= 0.6 is 0 Å². The zero-order chi connectivity index (χ0) is 14.4. The first kappa shape index (κ1) is 14.3. The van der Waals surface area contributed by atoms with Gasteiger partial charge in [-0.05, 0) is 29.2 Å². The van der Waals surface area contributed by atoms with Crippen molar-refractivity contribution in [2.75, 3.05) is 0 Å². The second-order valence-electron chi connectivity index (χ2n) is 4.69. The fraction of sp³-hybridized carbons (Fsp3) is 0.235. The lowest BCUT2D eigenvalue weighted by Gasteiger charge is -2.10. The SMILES string of the molecule is CCc1ccccc1CNCc1ccccc1C(=O)O. The summed E-state index contributed by atoms with van der Waals surface area (Å²) >= 11 is 0. The van der Waals surface area contributed by atoms with Gasteiger partial charge in [0.2, 0.25) is 0 Å². The Labute approximate surface area is 119 Å². The molecule has 0 aliphatic heterocycles. The van der Waals surface area contributed by atoms with Crippen molar-refractivity contribution in [1.29, 1.82) is 0 Å². The van der Waals surface area contributed by atoms with Crippen molar-refractivity contribution < 1.29 is 9.90 Å². The summed E-state index contributed by atoms with van der Waals surface area (Å²) in [5, 5.41) is 12.5. The summed E-state index contributed by atoms with van der Waals surface area (Å²) in [4.78, 5) is 11.1. The number of carboxylic acid groups (broad SMARTS) is 1. The van der Waals surface area contributed by atoms with Crippen molar-refractivity contribution >= 4 is 5.97 Å². The quantitative estimate of drug-likeness (QED) is 0.846. The average molecular weight is 269 g/mol. The van der Waals surface area contributed by atoms with Gasteiger partial charge < -0.3 is 10.4 Å². The van der Waals surface area contributed by atoms with Crippen molar-refractivity contribution in [3.05, 3.63) is 70.8 Å². The second kappa shape index (κ2) is 6.87. The van der Waals surface area contributed by atoms with Crippen LogP contribution in [0.5, 0.6) is 0 Å². The van der Waals surface area contributed by atoms with Crippen molar-refractivity contribution in [2.24, 2.45) is 0 Å². The highest BCUT2D eigenvalue weighted by molar-refractivity contribution is 5.89. The molecule has 0 heterocycles. The summed E-state index contributed by atoms with van der Waals surface area (Å²) in [7, 11) is 0. The highest BCUT2D eigenvalue weighted by Gasteiger charge is 2.08. The Morgan fingerprint density at radius 2 is 1.50 bits per heavy atom. The molecular formula is C17H19NO2. The molecule has 0 saturated heterocycles. The van der Waals surface area contributed by atoms with Crippen LogP contribution in [0.1, 0.15) is 34.0 Å². The second-order valence-corrected chi connectivity index (χ2v) is 4.69. The van der Waals surface area contributed by atoms with Crippen molar-refractivity contribution in [2.45, 2.75) is 26.4 Å². The molecule has 0 aromatic heterocycles. The number of nitrogens with one attached hydrogen (secondary N) is 1. The molecule has 20 heavy (non-hydrogen) atoms. The first-order valence-corrected chi connectivity index (χ1v) is 6.81. The molecule has 0 aliphatic rings. The summed E-state index contributed by atoms with van der Waals surface area (Å²) in [5.41, 5.74) is 3.77. The van der Waals surface area contributed by atoms with Gasteiger partial charge in [-0.1, -0.05) is 49.4 Å². The van der Waals surface area contributed by atoms with E-state index < -0.39 is 5.97 Å². The third-order valence-corrected chi connectivity index (χ3v) is 3.38. The van der Waals surface area contributed by atoms with Crippen LogP contribution in [-0.2, 0) is 19.5 Å². The monoisotopic (exact) mass is 269 g/mol. The molecule has 0 spiro atoms. The van der Waals surface area contributed by atoms with Gasteiger partial charge >= 0.3 is 5.97 Å². The molecular weight excluding hydrogens is 250 g/mol. The lowest BCUT2D eigenvalue weighted by Crippen LogP contribution is -2.16. The van der Waals surface area contributed by atoms with E-state index in [1.165, 1.54) is 11.1 Å². The summed E-state index contributed by atoms with van der Waals surface area (Å²) in [5.74, 6) is -0.878. The molecule has 104 valence electrons. The topological polar surface area (TPSA) is 49.3 Å². The van der Waals surface area contributed by atoms with E-state index in [2.05, 4.69) is 24.4 Å². The highest BCUT2D eigenvalue weighted by Crippen LogP contribution is 2.11. The Morgan fingerprint density at radius 1 is 0.950 bits per heavy atom. The maximum absolute atomic E-state index is 11.1. The van der Waals surface area contributed by atoms with Crippen molar-refractivity contribution in [3.63, 3.8) is 0 Å². The van der Waals surface area contributed by atoms with E-state index in [4.69, 9.17) is 5.11 Å². The maximum atomic E-state index is 11.1. The number of carboxylic acids is 1. The zero-order valence-corrected chi connectivity index (χ0v) is 11.6. The van der Waals surface area contributed by atoms with Gasteiger partial charge in [0.05, 0.1) is 5.56 Å². The molecule has 0 aliphatic carbocycles. The molecule has 2 aromatic rings. The molecule has 0 unspecified atom stereocenters. The van der Waals surface area contributed by atoms with Crippen LogP contribution in [0.3, 0.4) is 0 Å². The number of carbonyl (C=O) groups is 1. The molecule has 0 saturated carbocycles. The molecule has 0 amide bonds. The van der Waals surface area contributed by atoms with Gasteiger partial charge in [0.15, 0.2) is 0 Å². The molecule has 2 N–H and O–H groups in total. The summed E-state index contributed by atoms with van der Waals surface area (Å²) in [6, 6.07) is 15.4. The molecule has 0 radical (unpaired) electrons. The van der Waals surface area contributed by atoms with Crippen molar-refractivity contribution in [3.8, 4) is 0 Å². The number of aryl methyl sites for hydroxylation is 1.